The van der Waals surface area contributed by atoms with Crippen LogP contribution in [0.3, 0.4) is 0 Å². The molecule has 0 N–H and O–H groups in total. The monoisotopic (exact) mass is 158 g/mol. The quantitative estimate of drug-likeness (QED) is 0.544. The molecule has 0 amide bonds. The molecule has 0 heteroatoms. The number of rotatable bonds is 0. The lowest BCUT2D eigenvalue weighted by Crippen LogP contribution is -2.23. The fourth-order valence-corrected chi connectivity index (χ4v) is 2.85. The Bertz CT molecular complexity index is 360. The fraction of sp³-hybridized carbons (Fsp3) is 0.500. The highest BCUT2D eigenvalue weighted by molar-refractivity contribution is 5.64. The van der Waals surface area contributed by atoms with E-state index in [0.717, 1.165) is 11.8 Å². The van der Waals surface area contributed by atoms with Gasteiger partial charge in [0.05, 0.1) is 0 Å². The van der Waals surface area contributed by atoms with E-state index >= 15 is 0 Å². The van der Waals surface area contributed by atoms with Gasteiger partial charge in [0, 0.05) is 5.92 Å². The van der Waals surface area contributed by atoms with Crippen molar-refractivity contribution < 1.29 is 0 Å². The maximum Gasteiger partial charge on any atom is 0.0132 e. The molecular weight excluding hydrogens is 144 g/mol. The minimum atomic E-state index is 0.425. The summed E-state index contributed by atoms with van der Waals surface area (Å²) in [4.78, 5) is 0. The molecular formula is C12H14. The van der Waals surface area contributed by atoms with Crippen LogP contribution in [0.4, 0.5) is 0 Å². The number of hydrogen-bond acceptors (Lipinski definition) is 0. The van der Waals surface area contributed by atoms with Crippen LogP contribution in [0.2, 0.25) is 0 Å². The van der Waals surface area contributed by atoms with Gasteiger partial charge in [-0.1, -0.05) is 39.0 Å². The standard InChI is InChI=1S/C12H14/c1-7-10-8-5-4-6-9(11(8)10)12(7,2)3/h4-7,10H,1-3H3. The molecule has 1 aromatic rings. The molecule has 12 heavy (non-hydrogen) atoms. The Morgan fingerprint density at radius 2 is 2.00 bits per heavy atom. The Kier molecular flexibility index (Phi) is 0.900. The Balaban J connectivity index is 2.29. The Labute approximate surface area is 73.6 Å². The average Bonchev–Trinajstić information content (AvgIpc) is 2.70. The summed E-state index contributed by atoms with van der Waals surface area (Å²) in [6.07, 6.45) is 0. The van der Waals surface area contributed by atoms with Crippen molar-refractivity contribution in [3.05, 3.63) is 34.9 Å². The van der Waals surface area contributed by atoms with Crippen LogP contribution in [0.1, 0.15) is 43.4 Å². The van der Waals surface area contributed by atoms with E-state index in [1.54, 1.807) is 16.7 Å². The third-order valence-corrected chi connectivity index (χ3v) is 4.04. The molecule has 0 saturated carbocycles. The minimum Gasteiger partial charge on any atom is -0.0617 e. The van der Waals surface area contributed by atoms with Gasteiger partial charge < -0.3 is 0 Å². The van der Waals surface area contributed by atoms with Crippen LogP contribution in [0.5, 0.6) is 0 Å². The topological polar surface area (TPSA) is 0 Å². The summed E-state index contributed by atoms with van der Waals surface area (Å²) in [7, 11) is 0. The molecule has 0 spiro atoms. The molecule has 0 saturated heterocycles. The molecule has 0 heterocycles. The van der Waals surface area contributed by atoms with Crippen molar-refractivity contribution in [3.8, 4) is 0 Å². The van der Waals surface area contributed by atoms with Gasteiger partial charge in [-0.05, 0) is 28.0 Å². The SMILES string of the molecule is CC1C2c3cccc(c32)C1(C)C. The van der Waals surface area contributed by atoms with Crippen LogP contribution in [0, 0.1) is 5.92 Å². The lowest BCUT2D eigenvalue weighted by molar-refractivity contribution is 0.362. The lowest BCUT2D eigenvalue weighted by Gasteiger charge is -2.28. The van der Waals surface area contributed by atoms with Crippen LogP contribution in [-0.2, 0) is 5.41 Å². The van der Waals surface area contributed by atoms with Crippen molar-refractivity contribution in [1.29, 1.82) is 0 Å². The zero-order valence-corrected chi connectivity index (χ0v) is 7.89. The van der Waals surface area contributed by atoms with Gasteiger partial charge in [-0.25, -0.2) is 0 Å². The maximum atomic E-state index is 2.39. The predicted octanol–water partition coefficient (Wildman–Crippen LogP) is 3.06. The highest BCUT2D eigenvalue weighted by Gasteiger charge is 2.53. The molecule has 2 aliphatic carbocycles. The van der Waals surface area contributed by atoms with E-state index in [2.05, 4.69) is 39.0 Å². The van der Waals surface area contributed by atoms with E-state index in [1.807, 2.05) is 0 Å². The first-order valence-corrected chi connectivity index (χ1v) is 4.77. The van der Waals surface area contributed by atoms with Gasteiger partial charge in [0.15, 0.2) is 0 Å². The van der Waals surface area contributed by atoms with Crippen LogP contribution in [-0.4, -0.2) is 0 Å². The molecule has 0 aromatic heterocycles. The molecule has 3 rings (SSSR count). The van der Waals surface area contributed by atoms with E-state index in [9.17, 15) is 0 Å². The maximum absolute atomic E-state index is 2.39. The summed E-state index contributed by atoms with van der Waals surface area (Å²) in [5.74, 6) is 1.64. The Hall–Kier alpha value is -0.780. The summed E-state index contributed by atoms with van der Waals surface area (Å²) in [6, 6.07) is 6.80. The molecule has 0 nitrogen and oxygen atoms in total. The summed E-state index contributed by atoms with van der Waals surface area (Å²) in [5.41, 5.74) is 5.33. The van der Waals surface area contributed by atoms with E-state index in [0.29, 0.717) is 5.41 Å². The van der Waals surface area contributed by atoms with Crippen molar-refractivity contribution in [3.63, 3.8) is 0 Å². The molecule has 1 aromatic carbocycles. The average molecular weight is 158 g/mol. The third kappa shape index (κ3) is 0.502. The van der Waals surface area contributed by atoms with Crippen molar-refractivity contribution in [2.45, 2.75) is 32.1 Å². The molecule has 2 atom stereocenters. The van der Waals surface area contributed by atoms with Gasteiger partial charge in [-0.3, -0.25) is 0 Å². The van der Waals surface area contributed by atoms with Gasteiger partial charge >= 0.3 is 0 Å². The first-order chi connectivity index (χ1) is 5.64. The van der Waals surface area contributed by atoms with Gasteiger partial charge in [0.2, 0.25) is 0 Å². The van der Waals surface area contributed by atoms with Crippen molar-refractivity contribution in [2.75, 3.05) is 0 Å². The van der Waals surface area contributed by atoms with E-state index in [1.165, 1.54) is 0 Å². The number of hydrogen-bond donors (Lipinski definition) is 0. The molecule has 62 valence electrons. The lowest BCUT2D eigenvalue weighted by atomic mass is 9.76. The van der Waals surface area contributed by atoms with Gasteiger partial charge in [-0.2, -0.15) is 0 Å². The second-order valence-electron chi connectivity index (χ2n) is 4.80. The summed E-state index contributed by atoms with van der Waals surface area (Å²) in [6.45, 7) is 7.14. The second-order valence-corrected chi connectivity index (χ2v) is 4.80. The van der Waals surface area contributed by atoms with Crippen LogP contribution < -0.4 is 0 Å². The van der Waals surface area contributed by atoms with Gasteiger partial charge in [-0.15, -0.1) is 0 Å². The fourth-order valence-electron chi connectivity index (χ4n) is 2.85. The van der Waals surface area contributed by atoms with Crippen molar-refractivity contribution in [1.82, 2.24) is 0 Å². The van der Waals surface area contributed by atoms with Gasteiger partial charge in [0.25, 0.3) is 0 Å². The summed E-state index contributed by atoms with van der Waals surface area (Å²) >= 11 is 0. The second kappa shape index (κ2) is 1.61. The molecule has 0 bridgehead atoms. The summed E-state index contributed by atoms with van der Waals surface area (Å²) in [5, 5.41) is 0. The van der Waals surface area contributed by atoms with Crippen LogP contribution in [0.15, 0.2) is 18.2 Å². The first-order valence-electron chi connectivity index (χ1n) is 4.77. The number of fused-ring (bicyclic) bond motifs is 1. The van der Waals surface area contributed by atoms with E-state index in [-0.39, 0.29) is 0 Å². The normalized spacial score (nSPS) is 33.2. The zero-order chi connectivity index (χ0) is 8.51. The smallest absolute Gasteiger partial charge is 0.0132 e. The van der Waals surface area contributed by atoms with E-state index in [4.69, 9.17) is 0 Å². The molecule has 0 fully saturated rings. The highest BCUT2D eigenvalue weighted by Crippen LogP contribution is 2.63. The first kappa shape index (κ1) is 6.71. The highest BCUT2D eigenvalue weighted by atomic mass is 14.6. The zero-order valence-electron chi connectivity index (χ0n) is 7.89. The molecule has 0 radical (unpaired) electrons. The van der Waals surface area contributed by atoms with Crippen molar-refractivity contribution >= 4 is 0 Å². The molecule has 0 aliphatic heterocycles. The summed E-state index contributed by atoms with van der Waals surface area (Å²) < 4.78 is 0. The number of benzene rings is 1. The third-order valence-electron chi connectivity index (χ3n) is 4.04. The Morgan fingerprint density at radius 1 is 1.25 bits per heavy atom. The van der Waals surface area contributed by atoms with Crippen molar-refractivity contribution in [2.24, 2.45) is 5.92 Å². The molecule has 2 aliphatic rings. The largest absolute Gasteiger partial charge is 0.0617 e. The van der Waals surface area contributed by atoms with Crippen LogP contribution in [0.25, 0.3) is 0 Å². The Morgan fingerprint density at radius 3 is 2.67 bits per heavy atom. The van der Waals surface area contributed by atoms with Crippen LogP contribution >= 0.6 is 0 Å². The predicted molar refractivity (Wildman–Crippen MR) is 50.5 cm³/mol. The minimum absolute atomic E-state index is 0.425. The van der Waals surface area contributed by atoms with E-state index < -0.39 is 0 Å². The van der Waals surface area contributed by atoms with Gasteiger partial charge in [0.1, 0.15) is 0 Å². The molecule has 2 unspecified atom stereocenters.